The van der Waals surface area contributed by atoms with E-state index in [0.717, 1.165) is 9.87 Å². The van der Waals surface area contributed by atoms with Gasteiger partial charge >= 0.3 is 0 Å². The highest BCUT2D eigenvalue weighted by Crippen LogP contribution is 2.29. The number of halogens is 1. The van der Waals surface area contributed by atoms with Crippen molar-refractivity contribution in [1.29, 1.82) is 0 Å². The monoisotopic (exact) mass is 470 g/mol. The molecule has 0 fully saturated rings. The molecular weight excluding hydrogens is 444 g/mol. The Hall–Kier alpha value is -2.49. The summed E-state index contributed by atoms with van der Waals surface area (Å²) in [5, 5.41) is 2.99. The predicted molar refractivity (Wildman–Crippen MR) is 119 cm³/mol. The van der Waals surface area contributed by atoms with E-state index in [-0.39, 0.29) is 22.2 Å². The van der Waals surface area contributed by atoms with Gasteiger partial charge < -0.3 is 19.5 Å². The van der Waals surface area contributed by atoms with Crippen molar-refractivity contribution in [1.82, 2.24) is 9.62 Å². The molecule has 0 spiro atoms. The maximum Gasteiger partial charge on any atom is 0.247 e. The van der Waals surface area contributed by atoms with Gasteiger partial charge in [0.05, 0.1) is 27.4 Å². The number of carbonyl (C=O) groups excluding carboxylic acids is 1. The van der Waals surface area contributed by atoms with Gasteiger partial charge in [-0.2, -0.15) is 4.31 Å². The van der Waals surface area contributed by atoms with Crippen molar-refractivity contribution in [3.05, 3.63) is 47.0 Å². The molecule has 0 unspecified atom stereocenters. The van der Waals surface area contributed by atoms with E-state index in [4.69, 9.17) is 25.8 Å². The van der Waals surface area contributed by atoms with Gasteiger partial charge in [-0.25, -0.2) is 8.42 Å². The SMILES string of the molecule is CCOc1ccc(Cl)cc1S(=O)(=O)N(C)CC(=O)NCCc1ccc(OC)c(OC)c1. The van der Waals surface area contributed by atoms with Crippen molar-refractivity contribution in [2.45, 2.75) is 18.2 Å². The van der Waals surface area contributed by atoms with Gasteiger partial charge in [0.1, 0.15) is 10.6 Å². The van der Waals surface area contributed by atoms with Crippen LogP contribution in [0.3, 0.4) is 0 Å². The van der Waals surface area contributed by atoms with Crippen LogP contribution in [0, 0.1) is 0 Å². The Morgan fingerprint density at radius 3 is 2.39 bits per heavy atom. The average Bonchev–Trinajstić information content (AvgIpc) is 2.74. The predicted octanol–water partition coefficient (Wildman–Crippen LogP) is 2.74. The van der Waals surface area contributed by atoms with Gasteiger partial charge in [-0.15, -0.1) is 0 Å². The first kappa shape index (κ1) is 24.8. The Morgan fingerprint density at radius 2 is 1.74 bits per heavy atom. The van der Waals surface area contributed by atoms with Crippen LogP contribution in [0.1, 0.15) is 12.5 Å². The molecule has 0 aliphatic carbocycles. The minimum absolute atomic E-state index is 0.0810. The fourth-order valence-electron chi connectivity index (χ4n) is 2.85. The molecular formula is C21H27ClN2O6S. The third-order valence-electron chi connectivity index (χ3n) is 4.44. The van der Waals surface area contributed by atoms with Crippen LogP contribution in [0.4, 0.5) is 0 Å². The molecule has 0 aliphatic heterocycles. The van der Waals surface area contributed by atoms with Crippen molar-refractivity contribution < 1.29 is 27.4 Å². The molecule has 0 atom stereocenters. The number of likely N-dealkylation sites (N-methyl/N-ethyl adjacent to an activating group) is 1. The molecule has 31 heavy (non-hydrogen) atoms. The number of benzene rings is 2. The smallest absolute Gasteiger partial charge is 0.247 e. The third-order valence-corrected chi connectivity index (χ3v) is 6.50. The quantitative estimate of drug-likeness (QED) is 0.542. The van der Waals surface area contributed by atoms with E-state index in [2.05, 4.69) is 5.32 Å². The molecule has 1 N–H and O–H groups in total. The van der Waals surface area contributed by atoms with Crippen molar-refractivity contribution in [2.75, 3.05) is 41.0 Å². The standard InChI is InChI=1S/C21H27ClN2O6S/c1-5-30-18-9-7-16(22)13-20(18)31(26,27)24(2)14-21(25)23-11-10-15-6-8-17(28-3)19(12-15)29-4/h6-9,12-13H,5,10-11,14H2,1-4H3,(H,23,25). The summed E-state index contributed by atoms with van der Waals surface area (Å²) in [5.41, 5.74) is 0.944. The molecule has 0 aromatic heterocycles. The molecule has 0 saturated heterocycles. The Morgan fingerprint density at radius 1 is 1.06 bits per heavy atom. The molecule has 0 bridgehead atoms. The molecule has 10 heteroatoms. The number of hydrogen-bond acceptors (Lipinski definition) is 6. The lowest BCUT2D eigenvalue weighted by atomic mass is 10.1. The minimum Gasteiger partial charge on any atom is -0.493 e. The summed E-state index contributed by atoms with van der Waals surface area (Å²) in [7, 11) is 0.473. The highest BCUT2D eigenvalue weighted by Gasteiger charge is 2.27. The van der Waals surface area contributed by atoms with Gasteiger partial charge in [-0.05, 0) is 49.2 Å². The zero-order valence-electron chi connectivity index (χ0n) is 18.0. The minimum atomic E-state index is -3.97. The van der Waals surface area contributed by atoms with Crippen molar-refractivity contribution in [3.8, 4) is 17.2 Å². The molecule has 1 amide bonds. The molecule has 0 heterocycles. The van der Waals surface area contributed by atoms with E-state index in [1.165, 1.54) is 19.2 Å². The number of nitrogens with one attached hydrogen (secondary N) is 1. The average molecular weight is 471 g/mol. The Bertz CT molecular complexity index is 1010. The third kappa shape index (κ3) is 6.49. The number of ether oxygens (including phenoxy) is 3. The Balaban J connectivity index is 1.99. The lowest BCUT2D eigenvalue weighted by Crippen LogP contribution is -2.39. The maximum absolute atomic E-state index is 12.9. The van der Waals surface area contributed by atoms with Gasteiger partial charge in [0.2, 0.25) is 15.9 Å². The zero-order chi connectivity index (χ0) is 23.0. The number of hydrogen-bond donors (Lipinski definition) is 1. The topological polar surface area (TPSA) is 94.2 Å². The van der Waals surface area contributed by atoms with Crippen LogP contribution in [-0.2, 0) is 21.2 Å². The Kier molecular flexibility index (Phi) is 8.97. The van der Waals surface area contributed by atoms with Gasteiger partial charge in [0.15, 0.2) is 11.5 Å². The molecule has 2 rings (SSSR count). The van der Waals surface area contributed by atoms with Crippen LogP contribution < -0.4 is 19.5 Å². The molecule has 170 valence electrons. The molecule has 0 radical (unpaired) electrons. The van der Waals surface area contributed by atoms with Crippen LogP contribution in [0.25, 0.3) is 0 Å². The zero-order valence-corrected chi connectivity index (χ0v) is 19.5. The molecule has 2 aromatic rings. The second-order valence-electron chi connectivity index (χ2n) is 6.57. The van der Waals surface area contributed by atoms with Crippen molar-refractivity contribution >= 4 is 27.5 Å². The van der Waals surface area contributed by atoms with Crippen LogP contribution in [0.5, 0.6) is 17.2 Å². The number of sulfonamides is 1. The van der Waals surface area contributed by atoms with E-state index >= 15 is 0 Å². The number of rotatable bonds is 11. The fraction of sp³-hybridized carbons (Fsp3) is 0.381. The largest absolute Gasteiger partial charge is 0.493 e. The number of carbonyl (C=O) groups is 1. The summed E-state index contributed by atoms with van der Waals surface area (Å²) in [6, 6.07) is 9.85. The van der Waals surface area contributed by atoms with Crippen molar-refractivity contribution in [2.24, 2.45) is 0 Å². The second kappa shape index (κ2) is 11.2. The van der Waals surface area contributed by atoms with E-state index in [1.807, 2.05) is 12.1 Å². The lowest BCUT2D eigenvalue weighted by Gasteiger charge is -2.19. The summed E-state index contributed by atoms with van der Waals surface area (Å²) in [4.78, 5) is 12.2. The van der Waals surface area contributed by atoms with E-state index in [0.29, 0.717) is 31.1 Å². The first-order valence-electron chi connectivity index (χ1n) is 9.59. The summed E-state index contributed by atoms with van der Waals surface area (Å²) >= 11 is 5.97. The summed E-state index contributed by atoms with van der Waals surface area (Å²) in [6.07, 6.45) is 0.547. The van der Waals surface area contributed by atoms with Crippen LogP contribution in [0.2, 0.25) is 5.02 Å². The summed E-state index contributed by atoms with van der Waals surface area (Å²) in [5.74, 6) is 0.984. The van der Waals surface area contributed by atoms with Gasteiger partial charge in [-0.3, -0.25) is 4.79 Å². The van der Waals surface area contributed by atoms with Gasteiger partial charge in [0.25, 0.3) is 0 Å². The Labute approximate surface area is 188 Å². The molecule has 0 aliphatic rings. The van der Waals surface area contributed by atoms with Crippen molar-refractivity contribution in [3.63, 3.8) is 0 Å². The lowest BCUT2D eigenvalue weighted by molar-refractivity contribution is -0.121. The van der Waals surface area contributed by atoms with E-state index in [1.54, 1.807) is 33.3 Å². The highest BCUT2D eigenvalue weighted by molar-refractivity contribution is 7.89. The first-order valence-corrected chi connectivity index (χ1v) is 11.4. The number of amides is 1. The van der Waals surface area contributed by atoms with Gasteiger partial charge in [0, 0.05) is 18.6 Å². The van der Waals surface area contributed by atoms with Gasteiger partial charge in [-0.1, -0.05) is 17.7 Å². The second-order valence-corrected chi connectivity index (χ2v) is 9.02. The maximum atomic E-state index is 12.9. The first-order chi connectivity index (χ1) is 14.7. The molecule has 8 nitrogen and oxygen atoms in total. The molecule has 2 aromatic carbocycles. The number of methoxy groups -OCH3 is 2. The normalized spacial score (nSPS) is 11.3. The highest BCUT2D eigenvalue weighted by atomic mass is 35.5. The van der Waals surface area contributed by atoms with E-state index < -0.39 is 15.9 Å². The van der Waals surface area contributed by atoms with E-state index in [9.17, 15) is 13.2 Å². The molecule has 0 saturated carbocycles. The summed E-state index contributed by atoms with van der Waals surface area (Å²) in [6.45, 7) is 2.04. The summed E-state index contributed by atoms with van der Waals surface area (Å²) < 4.78 is 42.7. The van der Waals surface area contributed by atoms with Crippen LogP contribution >= 0.6 is 11.6 Å². The number of nitrogens with zero attached hydrogens (tertiary/aromatic N) is 1. The van der Waals surface area contributed by atoms with Crippen LogP contribution in [-0.4, -0.2) is 59.6 Å². The van der Waals surface area contributed by atoms with Crippen LogP contribution in [0.15, 0.2) is 41.3 Å². The fourth-order valence-corrected chi connectivity index (χ4v) is 4.37.